The predicted molar refractivity (Wildman–Crippen MR) is 74.5 cm³/mol. The van der Waals surface area contributed by atoms with E-state index in [1.807, 2.05) is 20.8 Å². The average Bonchev–Trinajstić information content (AvgIpc) is 2.75. The van der Waals surface area contributed by atoms with Crippen LogP contribution >= 0.6 is 55.0 Å². The van der Waals surface area contributed by atoms with Crippen molar-refractivity contribution in [2.45, 2.75) is 35.8 Å². The Bertz CT molecular complexity index is 511. The standard InChI is InChI=1S/C8H9Br2N5S2/c1-8(2,3)15-13-6(12-14-15)17-7-11-4(9)5(10)16-7/h1-3H3. The smallest absolute Gasteiger partial charge is 0.221 e. The molecule has 0 spiro atoms. The summed E-state index contributed by atoms with van der Waals surface area (Å²) in [5, 5.41) is 12.9. The molecule has 0 aromatic carbocycles. The highest BCUT2D eigenvalue weighted by molar-refractivity contribution is 9.13. The van der Waals surface area contributed by atoms with E-state index in [1.54, 1.807) is 4.80 Å². The fourth-order valence-corrected chi connectivity index (χ4v) is 3.99. The molecule has 0 atom stereocenters. The van der Waals surface area contributed by atoms with Crippen molar-refractivity contribution in [3.8, 4) is 0 Å². The van der Waals surface area contributed by atoms with Gasteiger partial charge in [-0.05, 0) is 69.6 Å². The Hall–Kier alpha value is 0.01000. The molecule has 2 aromatic rings. The zero-order valence-corrected chi connectivity index (χ0v) is 14.1. The molecule has 2 aromatic heterocycles. The van der Waals surface area contributed by atoms with Gasteiger partial charge in [-0.1, -0.05) is 11.3 Å². The van der Waals surface area contributed by atoms with Gasteiger partial charge in [0.2, 0.25) is 5.16 Å². The lowest BCUT2D eigenvalue weighted by Gasteiger charge is -2.15. The summed E-state index contributed by atoms with van der Waals surface area (Å²) in [6, 6.07) is 0. The van der Waals surface area contributed by atoms with Crippen LogP contribution in [-0.2, 0) is 5.54 Å². The number of tetrazole rings is 1. The molecule has 2 heterocycles. The van der Waals surface area contributed by atoms with Crippen LogP contribution in [-0.4, -0.2) is 25.2 Å². The van der Waals surface area contributed by atoms with Crippen LogP contribution in [0, 0.1) is 0 Å². The van der Waals surface area contributed by atoms with Crippen LogP contribution in [0.5, 0.6) is 0 Å². The van der Waals surface area contributed by atoms with Crippen LogP contribution < -0.4 is 0 Å². The molecule has 0 aliphatic carbocycles. The van der Waals surface area contributed by atoms with Crippen molar-refractivity contribution in [2.75, 3.05) is 0 Å². The minimum atomic E-state index is -0.157. The molecule has 0 amide bonds. The zero-order valence-electron chi connectivity index (χ0n) is 9.31. The first-order valence-corrected chi connectivity index (χ1v) is 7.88. The first kappa shape index (κ1) is 13.4. The van der Waals surface area contributed by atoms with Crippen molar-refractivity contribution >= 4 is 55.0 Å². The van der Waals surface area contributed by atoms with Crippen molar-refractivity contribution in [3.63, 3.8) is 0 Å². The first-order valence-electron chi connectivity index (χ1n) is 4.66. The first-order chi connectivity index (χ1) is 7.86. The van der Waals surface area contributed by atoms with Crippen molar-refractivity contribution in [2.24, 2.45) is 0 Å². The van der Waals surface area contributed by atoms with E-state index in [4.69, 9.17) is 0 Å². The molecule has 0 bridgehead atoms. The SMILES string of the molecule is CC(C)(C)n1nnc(Sc2nc(Br)c(Br)s2)n1. The lowest BCUT2D eigenvalue weighted by atomic mass is 10.1. The Kier molecular flexibility index (Phi) is 3.91. The van der Waals surface area contributed by atoms with Gasteiger partial charge in [0.15, 0.2) is 4.34 Å². The molecule has 0 radical (unpaired) electrons. The van der Waals surface area contributed by atoms with Crippen LogP contribution in [0.2, 0.25) is 0 Å². The monoisotopic (exact) mass is 397 g/mol. The quantitative estimate of drug-likeness (QED) is 0.773. The normalized spacial score (nSPS) is 12.1. The molecule has 9 heteroatoms. The van der Waals surface area contributed by atoms with Crippen molar-refractivity contribution in [1.82, 2.24) is 25.2 Å². The number of hydrogen-bond donors (Lipinski definition) is 0. The molecule has 2 rings (SSSR count). The third kappa shape index (κ3) is 3.27. The number of nitrogens with zero attached hydrogens (tertiary/aromatic N) is 5. The molecule has 5 nitrogen and oxygen atoms in total. The third-order valence-corrected chi connectivity index (χ3v) is 5.68. The molecule has 0 N–H and O–H groups in total. The van der Waals surface area contributed by atoms with Gasteiger partial charge in [-0.2, -0.15) is 4.80 Å². The predicted octanol–water partition coefficient (Wildman–Crippen LogP) is 3.56. The number of aromatic nitrogens is 5. The molecule has 0 aliphatic heterocycles. The highest BCUT2D eigenvalue weighted by atomic mass is 79.9. The number of rotatable bonds is 2. The summed E-state index contributed by atoms with van der Waals surface area (Å²) >= 11 is 9.68. The number of hydrogen-bond acceptors (Lipinski definition) is 6. The van der Waals surface area contributed by atoms with E-state index in [0.29, 0.717) is 5.16 Å². The largest absolute Gasteiger partial charge is 0.238 e. The summed E-state index contributed by atoms with van der Waals surface area (Å²) in [6.45, 7) is 6.08. The minimum Gasteiger partial charge on any atom is -0.221 e. The second-order valence-electron chi connectivity index (χ2n) is 4.18. The second-order valence-corrected chi connectivity index (χ2v) is 8.46. The molecule has 0 fully saturated rings. The van der Waals surface area contributed by atoms with Gasteiger partial charge in [0, 0.05) is 0 Å². The Morgan fingerprint density at radius 2 is 2.00 bits per heavy atom. The van der Waals surface area contributed by atoms with Crippen LogP contribution in [0.25, 0.3) is 0 Å². The lowest BCUT2D eigenvalue weighted by molar-refractivity contribution is 0.304. The maximum atomic E-state index is 4.31. The van der Waals surface area contributed by atoms with Gasteiger partial charge >= 0.3 is 0 Å². The van der Waals surface area contributed by atoms with Crippen LogP contribution in [0.3, 0.4) is 0 Å². The lowest BCUT2D eigenvalue weighted by Crippen LogP contribution is -2.24. The van der Waals surface area contributed by atoms with E-state index in [-0.39, 0.29) is 5.54 Å². The maximum absolute atomic E-state index is 4.31. The molecular weight excluding hydrogens is 390 g/mol. The maximum Gasteiger partial charge on any atom is 0.238 e. The minimum absolute atomic E-state index is 0.157. The Morgan fingerprint density at radius 1 is 1.29 bits per heavy atom. The van der Waals surface area contributed by atoms with Gasteiger partial charge in [-0.15, -0.1) is 10.2 Å². The summed E-state index contributed by atoms with van der Waals surface area (Å²) in [4.78, 5) is 5.92. The fraction of sp³-hybridized carbons (Fsp3) is 0.500. The molecule has 0 aliphatic rings. The Labute approximate surface area is 124 Å². The molecule has 0 saturated carbocycles. The average molecular weight is 399 g/mol. The van der Waals surface area contributed by atoms with Crippen LogP contribution in [0.4, 0.5) is 0 Å². The molecule has 17 heavy (non-hydrogen) atoms. The summed E-state index contributed by atoms with van der Waals surface area (Å²) in [5.74, 6) is 0. The summed E-state index contributed by atoms with van der Waals surface area (Å²) in [7, 11) is 0. The van der Waals surface area contributed by atoms with E-state index in [9.17, 15) is 0 Å². The van der Waals surface area contributed by atoms with E-state index in [0.717, 1.165) is 12.7 Å². The molecular formula is C8H9Br2N5S2. The second kappa shape index (κ2) is 4.94. The van der Waals surface area contributed by atoms with Gasteiger partial charge in [0.25, 0.3) is 0 Å². The van der Waals surface area contributed by atoms with Crippen LogP contribution in [0.1, 0.15) is 20.8 Å². The van der Waals surface area contributed by atoms with E-state index >= 15 is 0 Å². The van der Waals surface area contributed by atoms with E-state index in [2.05, 4.69) is 52.3 Å². The van der Waals surface area contributed by atoms with Crippen molar-refractivity contribution in [1.29, 1.82) is 0 Å². The third-order valence-electron chi connectivity index (χ3n) is 1.70. The summed E-state index contributed by atoms with van der Waals surface area (Å²) < 4.78 is 2.63. The van der Waals surface area contributed by atoms with Crippen LogP contribution in [0.15, 0.2) is 17.9 Å². The van der Waals surface area contributed by atoms with E-state index < -0.39 is 0 Å². The summed E-state index contributed by atoms with van der Waals surface area (Å²) in [6.07, 6.45) is 0. The number of halogens is 2. The van der Waals surface area contributed by atoms with Gasteiger partial charge in [0.1, 0.15) is 8.39 Å². The van der Waals surface area contributed by atoms with Gasteiger partial charge in [-0.25, -0.2) is 4.98 Å². The van der Waals surface area contributed by atoms with Gasteiger partial charge in [-0.3, -0.25) is 0 Å². The molecule has 0 saturated heterocycles. The molecule has 92 valence electrons. The highest BCUT2D eigenvalue weighted by Gasteiger charge is 2.18. The fourth-order valence-electron chi connectivity index (χ4n) is 0.914. The Morgan fingerprint density at radius 3 is 2.47 bits per heavy atom. The molecule has 0 unspecified atom stereocenters. The number of thiazole rings is 1. The van der Waals surface area contributed by atoms with Gasteiger partial charge in [0.05, 0.1) is 5.54 Å². The summed E-state index contributed by atoms with van der Waals surface area (Å²) in [5.41, 5.74) is -0.157. The van der Waals surface area contributed by atoms with E-state index in [1.165, 1.54) is 23.1 Å². The van der Waals surface area contributed by atoms with Gasteiger partial charge < -0.3 is 0 Å². The zero-order chi connectivity index (χ0) is 12.6. The van der Waals surface area contributed by atoms with Crippen molar-refractivity contribution < 1.29 is 0 Å². The van der Waals surface area contributed by atoms with Crippen molar-refractivity contribution in [3.05, 3.63) is 8.39 Å². The highest BCUT2D eigenvalue weighted by Crippen LogP contribution is 2.36. The topological polar surface area (TPSA) is 56.5 Å². The Balaban J connectivity index is 2.17.